The number of alkyl halides is 1. The van der Waals surface area contributed by atoms with Crippen molar-refractivity contribution in [2.24, 2.45) is 10.9 Å². The van der Waals surface area contributed by atoms with Gasteiger partial charge in [0.15, 0.2) is 17.1 Å². The monoisotopic (exact) mass is 628 g/mol. The lowest BCUT2D eigenvalue weighted by atomic mass is 10.0. The van der Waals surface area contributed by atoms with Gasteiger partial charge in [0.05, 0.1) is 12.1 Å². The molecule has 220 valence electrons. The topological polar surface area (TPSA) is 209 Å². The van der Waals surface area contributed by atoms with Gasteiger partial charge in [-0.05, 0) is 26.3 Å². The normalized spacial score (nSPS) is 19.4. The van der Waals surface area contributed by atoms with Crippen LogP contribution in [0.3, 0.4) is 0 Å². The van der Waals surface area contributed by atoms with Crippen LogP contribution in [-0.4, -0.2) is 94.5 Å². The molecule has 1 saturated heterocycles. The van der Waals surface area contributed by atoms with Crippen LogP contribution in [0, 0.1) is 0 Å². The molecule has 0 unspecified atom stereocenters. The van der Waals surface area contributed by atoms with Gasteiger partial charge in [-0.25, -0.2) is 14.6 Å². The lowest BCUT2D eigenvalue weighted by Crippen LogP contribution is -2.70. The number of carbonyl (C=O) groups is 6. The Morgan fingerprint density at radius 2 is 2.07 bits per heavy atom. The van der Waals surface area contributed by atoms with E-state index in [4.69, 9.17) is 26.9 Å². The number of hydrogen-bond donors (Lipinski definition) is 3. The maximum atomic E-state index is 13.4. The van der Waals surface area contributed by atoms with Gasteiger partial charge in [0, 0.05) is 17.0 Å². The molecular weight excluding hydrogens is 603 g/mol. The number of carbonyl (C=O) groups excluding carboxylic acids is 6. The minimum Gasteiger partial charge on any atom is -0.541 e. The van der Waals surface area contributed by atoms with Crippen molar-refractivity contribution in [3.05, 3.63) is 22.3 Å². The van der Waals surface area contributed by atoms with E-state index in [1.54, 1.807) is 20.8 Å². The highest BCUT2D eigenvalue weighted by Crippen LogP contribution is 2.39. The van der Waals surface area contributed by atoms with Crippen LogP contribution in [0.25, 0.3) is 0 Å². The number of nitrogens with two attached hydrogens (primary N) is 1. The number of oxime groups is 1. The zero-order valence-corrected chi connectivity index (χ0v) is 24.7. The summed E-state index contributed by atoms with van der Waals surface area (Å²) in [6.45, 7) is 5.02. The quantitative estimate of drug-likeness (QED) is 0.0719. The molecule has 1 aromatic rings. The number of thioether (sulfide) groups is 1. The van der Waals surface area contributed by atoms with Crippen molar-refractivity contribution in [2.75, 3.05) is 16.9 Å². The van der Waals surface area contributed by atoms with Crippen LogP contribution < -0.4 is 16.4 Å². The summed E-state index contributed by atoms with van der Waals surface area (Å²) in [6, 6.07) is -1.04. The number of aromatic nitrogens is 1. The molecule has 3 atom stereocenters. The Balaban J connectivity index is 1.87. The SMILES string of the molecule is BOC(=O)[C@H](CC(N)=O)O/N=C(\C(=O)N[C@@H]1C(=O)N2C(C=O)=C(CCl)CS[C@H]12)c1csc(NC(=O)OC(C)(C)C)n1. The number of fused-ring (bicyclic) bond motifs is 1. The first-order chi connectivity index (χ1) is 19.3. The minimum atomic E-state index is -1.58. The molecular formula is C22H26BClN6O9S2. The van der Waals surface area contributed by atoms with Gasteiger partial charge in [-0.3, -0.25) is 29.4 Å². The van der Waals surface area contributed by atoms with Crippen molar-refractivity contribution < 1.29 is 43.0 Å². The zero-order valence-electron chi connectivity index (χ0n) is 22.3. The Morgan fingerprint density at radius 1 is 1.37 bits per heavy atom. The summed E-state index contributed by atoms with van der Waals surface area (Å²) >= 11 is 8.12. The second kappa shape index (κ2) is 13.4. The van der Waals surface area contributed by atoms with E-state index >= 15 is 0 Å². The molecule has 0 aromatic carbocycles. The predicted octanol–water partition coefficient (Wildman–Crippen LogP) is -0.362. The largest absolute Gasteiger partial charge is 0.541 e. The Morgan fingerprint density at radius 3 is 2.66 bits per heavy atom. The van der Waals surface area contributed by atoms with Crippen molar-refractivity contribution in [1.82, 2.24) is 15.2 Å². The summed E-state index contributed by atoms with van der Waals surface area (Å²) in [7, 11) is 1.06. The summed E-state index contributed by atoms with van der Waals surface area (Å²) in [5.74, 6) is -2.91. The number of primary amides is 1. The number of ether oxygens (including phenoxy) is 1. The number of anilines is 1. The van der Waals surface area contributed by atoms with E-state index < -0.39 is 65.0 Å². The number of amides is 4. The highest BCUT2D eigenvalue weighted by atomic mass is 35.5. The van der Waals surface area contributed by atoms with Crippen molar-refractivity contribution in [2.45, 2.75) is 50.3 Å². The first kappa shape index (κ1) is 31.9. The molecule has 0 bridgehead atoms. The first-order valence-corrected chi connectivity index (χ1v) is 14.3. The summed E-state index contributed by atoms with van der Waals surface area (Å²) in [6.07, 6.45) is -2.44. The summed E-state index contributed by atoms with van der Waals surface area (Å²) in [5, 5.41) is 9.54. The number of thiazole rings is 1. The number of β-lactam (4-membered cyclic amide) rings is 1. The van der Waals surface area contributed by atoms with Crippen LogP contribution in [0.1, 0.15) is 32.9 Å². The smallest absolute Gasteiger partial charge is 0.413 e. The molecule has 4 N–H and O–H groups in total. The van der Waals surface area contributed by atoms with Gasteiger partial charge in [0.1, 0.15) is 22.7 Å². The standard InChI is InChI=1S/C22H26BClN6O9S2/c1-22(2,3)37-21(36)28-20-26-10(8-41-20)14(29-39-12(4-13(25)32)19(35)38-23)16(33)27-15-17(34)30-11(6-31)9(5-24)7-40-18(15)30/h6,8,12,15,18H,4-5,7,23H2,1-3H3,(H2,25,32)(H,27,33)(H,26,28,36)/b29-14-/t12-,15+,18+/m0/s1. The van der Waals surface area contributed by atoms with Crippen molar-refractivity contribution in [3.63, 3.8) is 0 Å². The van der Waals surface area contributed by atoms with Crippen molar-refractivity contribution in [1.29, 1.82) is 0 Å². The molecule has 0 radical (unpaired) electrons. The summed E-state index contributed by atoms with van der Waals surface area (Å²) < 4.78 is 9.78. The molecule has 19 heteroatoms. The lowest BCUT2D eigenvalue weighted by Gasteiger charge is -2.49. The Hall–Kier alpha value is -3.64. The molecule has 0 saturated carbocycles. The second-order valence-electron chi connectivity index (χ2n) is 9.49. The van der Waals surface area contributed by atoms with Crippen LogP contribution in [-0.2, 0) is 38.2 Å². The number of aldehydes is 1. The maximum Gasteiger partial charge on any atom is 0.413 e. The molecule has 2 aliphatic rings. The van der Waals surface area contributed by atoms with Crippen LogP contribution in [0.4, 0.5) is 9.93 Å². The van der Waals surface area contributed by atoms with Gasteiger partial charge in [-0.2, -0.15) is 0 Å². The van der Waals surface area contributed by atoms with Crippen LogP contribution in [0.5, 0.6) is 0 Å². The second-order valence-corrected chi connectivity index (χ2v) is 11.7. The average Bonchev–Trinajstić information content (AvgIpc) is 3.35. The van der Waals surface area contributed by atoms with Gasteiger partial charge >= 0.3 is 20.1 Å². The first-order valence-electron chi connectivity index (χ1n) is 11.8. The molecule has 41 heavy (non-hydrogen) atoms. The fourth-order valence-corrected chi connectivity index (χ4v) is 5.93. The number of nitrogens with one attached hydrogen (secondary N) is 2. The van der Waals surface area contributed by atoms with E-state index in [2.05, 4.69) is 25.4 Å². The molecule has 15 nitrogen and oxygen atoms in total. The third-order valence-electron chi connectivity index (χ3n) is 5.34. The molecule has 1 aromatic heterocycles. The number of allylic oxidation sites excluding steroid dienone is 1. The number of halogens is 1. The fourth-order valence-electron chi connectivity index (χ4n) is 3.54. The van der Waals surface area contributed by atoms with E-state index in [1.807, 2.05) is 0 Å². The number of nitrogens with zero attached hydrogens (tertiary/aromatic N) is 3. The minimum absolute atomic E-state index is 0.0412. The van der Waals surface area contributed by atoms with Crippen molar-refractivity contribution in [3.8, 4) is 0 Å². The van der Waals surface area contributed by atoms with E-state index in [1.165, 1.54) is 22.0 Å². The van der Waals surface area contributed by atoms with Crippen LogP contribution >= 0.6 is 34.7 Å². The predicted molar refractivity (Wildman–Crippen MR) is 151 cm³/mol. The molecule has 4 amide bonds. The third kappa shape index (κ3) is 7.77. The summed E-state index contributed by atoms with van der Waals surface area (Å²) in [4.78, 5) is 84.0. The van der Waals surface area contributed by atoms with Crippen molar-refractivity contribution >= 4 is 89.7 Å². The van der Waals surface area contributed by atoms with Gasteiger partial charge in [-0.15, -0.1) is 34.7 Å². The maximum absolute atomic E-state index is 13.4. The lowest BCUT2D eigenvalue weighted by molar-refractivity contribution is -0.149. The van der Waals surface area contributed by atoms with E-state index in [0.29, 0.717) is 17.6 Å². The van der Waals surface area contributed by atoms with E-state index in [9.17, 15) is 28.8 Å². The number of rotatable bonds is 11. The van der Waals surface area contributed by atoms with Gasteiger partial charge in [0.2, 0.25) is 12.0 Å². The third-order valence-corrected chi connectivity index (χ3v) is 7.76. The van der Waals surface area contributed by atoms with E-state index in [-0.39, 0.29) is 22.4 Å². The van der Waals surface area contributed by atoms with Crippen LogP contribution in [0.15, 0.2) is 21.8 Å². The van der Waals surface area contributed by atoms with Gasteiger partial charge in [0.25, 0.3) is 11.8 Å². The van der Waals surface area contributed by atoms with Crippen LogP contribution in [0.2, 0.25) is 0 Å². The molecule has 1 fully saturated rings. The van der Waals surface area contributed by atoms with E-state index in [0.717, 1.165) is 19.4 Å². The Labute approximate surface area is 247 Å². The Bertz CT molecular complexity index is 1310. The molecule has 3 heterocycles. The molecule has 0 aliphatic carbocycles. The fraction of sp³-hybridized carbons (Fsp3) is 0.455. The highest BCUT2D eigenvalue weighted by molar-refractivity contribution is 8.00. The molecule has 0 spiro atoms. The molecule has 3 rings (SSSR count). The van der Waals surface area contributed by atoms with Gasteiger partial charge < -0.3 is 25.3 Å². The number of hydrogen-bond acceptors (Lipinski definition) is 13. The molecule has 2 aliphatic heterocycles. The Kier molecular flexibility index (Phi) is 10.4. The highest BCUT2D eigenvalue weighted by Gasteiger charge is 2.52. The zero-order chi connectivity index (χ0) is 30.5. The van der Waals surface area contributed by atoms with Gasteiger partial charge in [-0.1, -0.05) is 5.16 Å². The average molecular weight is 629 g/mol. The summed E-state index contributed by atoms with van der Waals surface area (Å²) in [5.41, 5.74) is 4.55.